The van der Waals surface area contributed by atoms with E-state index < -0.39 is 5.97 Å². The van der Waals surface area contributed by atoms with E-state index in [1.165, 1.54) is 37.4 Å². The molecule has 0 unspecified atom stereocenters. The van der Waals surface area contributed by atoms with Crippen LogP contribution < -0.4 is 5.56 Å². The van der Waals surface area contributed by atoms with Gasteiger partial charge in [0, 0.05) is 6.04 Å². The number of aryl methyl sites for hydroxylation is 1. The summed E-state index contributed by atoms with van der Waals surface area (Å²) < 4.78 is 7.85. The van der Waals surface area contributed by atoms with Crippen molar-refractivity contribution < 1.29 is 14.3 Å². The molecule has 9 nitrogen and oxygen atoms in total. The van der Waals surface area contributed by atoms with Crippen LogP contribution in [0.2, 0.25) is 0 Å². The lowest BCUT2D eigenvalue weighted by atomic mass is 9.84. The van der Waals surface area contributed by atoms with Crippen LogP contribution in [-0.2, 0) is 5.75 Å². The fourth-order valence-electron chi connectivity index (χ4n) is 5.99. The summed E-state index contributed by atoms with van der Waals surface area (Å²) in [5.74, 6) is 3.36. The van der Waals surface area contributed by atoms with Crippen molar-refractivity contribution in [3.8, 4) is 11.6 Å². The van der Waals surface area contributed by atoms with E-state index in [4.69, 9.17) is 4.42 Å². The molecular formula is C24H25N5O4S2. The van der Waals surface area contributed by atoms with E-state index in [2.05, 4.69) is 31.7 Å². The number of hydrogen-bond donors (Lipinski definition) is 2. The third-order valence-electron chi connectivity index (χ3n) is 7.61. The van der Waals surface area contributed by atoms with Gasteiger partial charge in [0.15, 0.2) is 10.9 Å². The van der Waals surface area contributed by atoms with Crippen LogP contribution in [0, 0.1) is 24.7 Å². The number of carboxylic acid groups (broad SMARTS) is 1. The van der Waals surface area contributed by atoms with Gasteiger partial charge in [0.05, 0.1) is 17.4 Å². The van der Waals surface area contributed by atoms with E-state index >= 15 is 0 Å². The summed E-state index contributed by atoms with van der Waals surface area (Å²) in [4.78, 5) is 32.2. The van der Waals surface area contributed by atoms with E-state index in [9.17, 15) is 14.7 Å². The number of nitrogens with zero attached hydrogens (tertiary/aromatic N) is 4. The second kappa shape index (κ2) is 8.63. The van der Waals surface area contributed by atoms with Crippen LogP contribution in [-0.4, -0.2) is 35.8 Å². The zero-order valence-corrected chi connectivity index (χ0v) is 21.0. The number of thiophene rings is 1. The number of thioether (sulfide) groups is 1. The maximum Gasteiger partial charge on any atom is 0.346 e. The van der Waals surface area contributed by atoms with Gasteiger partial charge in [-0.3, -0.25) is 9.36 Å². The first-order valence-electron chi connectivity index (χ1n) is 11.8. The molecule has 6 rings (SSSR count). The largest absolute Gasteiger partial charge is 0.477 e. The van der Waals surface area contributed by atoms with E-state index in [1.54, 1.807) is 13.2 Å². The van der Waals surface area contributed by atoms with Crippen molar-refractivity contribution in [2.24, 2.45) is 17.8 Å². The van der Waals surface area contributed by atoms with Crippen molar-refractivity contribution in [2.75, 3.05) is 0 Å². The summed E-state index contributed by atoms with van der Waals surface area (Å²) in [5, 5.41) is 19.5. The van der Waals surface area contributed by atoms with Crippen LogP contribution in [0.4, 0.5) is 0 Å². The van der Waals surface area contributed by atoms with Gasteiger partial charge < -0.3 is 14.5 Å². The fourth-order valence-corrected chi connectivity index (χ4v) is 7.92. The Morgan fingerprint density at radius 3 is 2.91 bits per heavy atom. The number of furan rings is 1. The van der Waals surface area contributed by atoms with Crippen molar-refractivity contribution >= 4 is 39.3 Å². The molecule has 2 saturated carbocycles. The molecule has 0 radical (unpaired) electrons. The Morgan fingerprint density at radius 2 is 2.23 bits per heavy atom. The van der Waals surface area contributed by atoms with Crippen molar-refractivity contribution in [1.82, 2.24) is 24.7 Å². The average Bonchev–Trinajstić information content (AvgIpc) is 3.65. The smallest absolute Gasteiger partial charge is 0.346 e. The number of rotatable bonds is 7. The zero-order valence-electron chi connectivity index (χ0n) is 19.4. The number of aromatic amines is 1. The summed E-state index contributed by atoms with van der Waals surface area (Å²) in [6.45, 7) is 3.89. The Balaban J connectivity index is 1.32. The first kappa shape index (κ1) is 22.5. The predicted molar refractivity (Wildman–Crippen MR) is 133 cm³/mol. The zero-order chi connectivity index (χ0) is 24.3. The van der Waals surface area contributed by atoms with Gasteiger partial charge in [0.2, 0.25) is 5.82 Å². The number of aromatic carboxylic acids is 1. The lowest BCUT2D eigenvalue weighted by molar-refractivity contribution is 0.0701. The molecule has 0 amide bonds. The summed E-state index contributed by atoms with van der Waals surface area (Å²) in [6.07, 6.45) is 6.84. The minimum atomic E-state index is -1.05. The maximum absolute atomic E-state index is 12.7. The number of carboxylic acids is 1. The molecule has 0 spiro atoms. The molecule has 4 heterocycles. The van der Waals surface area contributed by atoms with E-state index in [0.29, 0.717) is 44.9 Å². The highest BCUT2D eigenvalue weighted by Crippen LogP contribution is 2.53. The van der Waals surface area contributed by atoms with E-state index in [-0.39, 0.29) is 16.5 Å². The number of hydrogen-bond acceptors (Lipinski definition) is 8. The number of carbonyl (C=O) groups is 1. The van der Waals surface area contributed by atoms with Gasteiger partial charge in [-0.2, -0.15) is 0 Å². The molecule has 2 N–H and O–H groups in total. The topological polar surface area (TPSA) is 127 Å². The predicted octanol–water partition coefficient (Wildman–Crippen LogP) is 5.13. The lowest BCUT2D eigenvalue weighted by Gasteiger charge is -2.30. The van der Waals surface area contributed by atoms with Crippen LogP contribution in [0.5, 0.6) is 0 Å². The Bertz CT molecular complexity index is 1470. The highest BCUT2D eigenvalue weighted by atomic mass is 32.2. The first-order chi connectivity index (χ1) is 16.9. The quantitative estimate of drug-likeness (QED) is 0.327. The van der Waals surface area contributed by atoms with E-state index in [0.717, 1.165) is 28.3 Å². The molecule has 2 aliphatic carbocycles. The molecule has 2 aliphatic rings. The van der Waals surface area contributed by atoms with Gasteiger partial charge >= 0.3 is 5.97 Å². The fraction of sp³-hybridized carbons (Fsp3) is 0.458. The van der Waals surface area contributed by atoms with Gasteiger partial charge in [0.25, 0.3) is 5.56 Å². The minimum Gasteiger partial charge on any atom is -0.477 e. The van der Waals surface area contributed by atoms with Crippen LogP contribution in [0.3, 0.4) is 0 Å². The Labute approximate surface area is 209 Å². The molecule has 4 aromatic heterocycles. The molecule has 0 saturated heterocycles. The summed E-state index contributed by atoms with van der Waals surface area (Å²) >= 11 is 2.49. The first-order valence-corrected chi connectivity index (χ1v) is 13.6. The maximum atomic E-state index is 12.7. The third kappa shape index (κ3) is 3.81. The molecule has 0 aliphatic heterocycles. The molecule has 2 fully saturated rings. The molecule has 2 bridgehead atoms. The van der Waals surface area contributed by atoms with Crippen LogP contribution in [0.25, 0.3) is 21.8 Å². The summed E-state index contributed by atoms with van der Waals surface area (Å²) in [5.41, 5.74) is 0.132. The highest BCUT2D eigenvalue weighted by molar-refractivity contribution is 7.98. The van der Waals surface area contributed by atoms with Crippen LogP contribution in [0.1, 0.15) is 59.7 Å². The molecule has 4 aromatic rings. The number of fused-ring (bicyclic) bond motifs is 3. The lowest BCUT2D eigenvalue weighted by Crippen LogP contribution is -2.23. The summed E-state index contributed by atoms with van der Waals surface area (Å²) in [7, 11) is 0. The van der Waals surface area contributed by atoms with Crippen molar-refractivity contribution in [3.05, 3.63) is 45.0 Å². The van der Waals surface area contributed by atoms with Gasteiger partial charge in [-0.15, -0.1) is 21.5 Å². The van der Waals surface area contributed by atoms with Crippen molar-refractivity contribution in [2.45, 2.75) is 56.5 Å². The Kier molecular flexibility index (Phi) is 5.56. The standard InChI is InChI=1S/C24H25N5O4S2/c1-11-18-21(30)25-17(26-22(18)35-19(11)23(31)32)10-34-24-28-27-20(16-4-3-7-33-16)29(24)12(2)15-9-13-5-6-14(15)8-13/h3-4,7,12-15H,5-6,8-10H2,1-2H3,(H,31,32)(H,25,26,30)/t12-,13-,14-,15-/m1/s1. The van der Waals surface area contributed by atoms with Crippen LogP contribution in [0.15, 0.2) is 32.8 Å². The van der Waals surface area contributed by atoms with E-state index in [1.807, 2.05) is 12.1 Å². The Morgan fingerprint density at radius 1 is 1.37 bits per heavy atom. The average molecular weight is 512 g/mol. The second-order valence-corrected chi connectivity index (χ2v) is 11.5. The summed E-state index contributed by atoms with van der Waals surface area (Å²) in [6, 6.07) is 3.96. The monoisotopic (exact) mass is 511 g/mol. The number of aromatic nitrogens is 5. The van der Waals surface area contributed by atoms with Gasteiger partial charge in [0.1, 0.15) is 15.5 Å². The highest BCUT2D eigenvalue weighted by Gasteiger charge is 2.43. The molecule has 4 atom stereocenters. The van der Waals surface area contributed by atoms with Gasteiger partial charge in [-0.1, -0.05) is 18.2 Å². The second-order valence-electron chi connectivity index (χ2n) is 9.58. The molecule has 11 heteroatoms. The minimum absolute atomic E-state index is 0.144. The number of nitrogens with one attached hydrogen (secondary N) is 1. The molecular weight excluding hydrogens is 486 g/mol. The molecule has 0 aromatic carbocycles. The molecule has 182 valence electrons. The van der Waals surface area contributed by atoms with Gasteiger partial charge in [-0.25, -0.2) is 9.78 Å². The SMILES string of the molecule is Cc1c(C(=O)O)sc2nc(CSc3nnc(-c4ccco4)n3[C@H](C)[C@H]3C[C@@H]4CC[C@@H]3C4)[nH]c(=O)c12. The number of H-pyrrole nitrogens is 1. The Hall–Kier alpha value is -2.92. The van der Waals surface area contributed by atoms with Gasteiger partial charge in [-0.05, 0) is 68.6 Å². The normalized spacial score (nSPS) is 22.3. The third-order valence-corrected chi connectivity index (χ3v) is 9.74. The van der Waals surface area contributed by atoms with Crippen molar-refractivity contribution in [1.29, 1.82) is 0 Å². The molecule has 35 heavy (non-hydrogen) atoms. The van der Waals surface area contributed by atoms with Crippen LogP contribution >= 0.6 is 23.1 Å². The van der Waals surface area contributed by atoms with Crippen molar-refractivity contribution in [3.63, 3.8) is 0 Å².